The average Bonchev–Trinajstić information content (AvgIpc) is 2.69. The first kappa shape index (κ1) is 13.0. The minimum atomic E-state index is 0.481. The van der Waals surface area contributed by atoms with Crippen LogP contribution >= 0.6 is 0 Å². The van der Waals surface area contributed by atoms with Crippen LogP contribution < -0.4 is 10.5 Å². The van der Waals surface area contributed by atoms with Gasteiger partial charge in [0.25, 0.3) is 0 Å². The molecule has 0 saturated heterocycles. The van der Waals surface area contributed by atoms with E-state index in [1.807, 2.05) is 13.0 Å². The quantitative estimate of drug-likeness (QED) is 0.851. The lowest BCUT2D eigenvalue weighted by Crippen LogP contribution is -2.05. The normalized spacial score (nSPS) is 11.4. The van der Waals surface area contributed by atoms with Gasteiger partial charge in [-0.2, -0.15) is 0 Å². The van der Waals surface area contributed by atoms with Crippen LogP contribution in [0.1, 0.15) is 37.9 Å². The van der Waals surface area contributed by atoms with Gasteiger partial charge in [-0.25, -0.2) is 0 Å². The van der Waals surface area contributed by atoms with Gasteiger partial charge in [0.2, 0.25) is 0 Å². The molecule has 18 heavy (non-hydrogen) atoms. The van der Waals surface area contributed by atoms with Crippen molar-refractivity contribution in [1.82, 2.24) is 4.98 Å². The monoisotopic (exact) mass is 246 g/mol. The topological polar surface area (TPSA) is 51.0 Å². The third-order valence-corrected chi connectivity index (χ3v) is 3.19. The van der Waals surface area contributed by atoms with E-state index in [1.54, 1.807) is 0 Å². The summed E-state index contributed by atoms with van der Waals surface area (Å²) in [6, 6.07) is 6.22. The molecule has 0 amide bonds. The first-order valence-corrected chi connectivity index (χ1v) is 6.64. The van der Waals surface area contributed by atoms with Crippen molar-refractivity contribution in [2.75, 3.05) is 13.2 Å². The summed E-state index contributed by atoms with van der Waals surface area (Å²) in [5.41, 5.74) is 9.54. The first-order chi connectivity index (χ1) is 8.67. The minimum Gasteiger partial charge on any atom is -0.494 e. The molecule has 2 rings (SSSR count). The Labute approximate surface area is 108 Å². The van der Waals surface area contributed by atoms with E-state index in [9.17, 15) is 0 Å². The van der Waals surface area contributed by atoms with Gasteiger partial charge in [0, 0.05) is 16.6 Å². The second kappa shape index (κ2) is 5.44. The summed E-state index contributed by atoms with van der Waals surface area (Å²) in [5, 5.41) is 1.25. The highest BCUT2D eigenvalue weighted by Crippen LogP contribution is 2.30. The number of nitrogens with one attached hydrogen (secondary N) is 1. The van der Waals surface area contributed by atoms with E-state index >= 15 is 0 Å². The summed E-state index contributed by atoms with van der Waals surface area (Å²) in [7, 11) is 0. The Bertz CT molecular complexity index is 529. The molecule has 1 heterocycles. The van der Waals surface area contributed by atoms with Crippen LogP contribution in [0.25, 0.3) is 10.9 Å². The lowest BCUT2D eigenvalue weighted by Gasteiger charge is -2.07. The fourth-order valence-electron chi connectivity index (χ4n) is 2.41. The summed E-state index contributed by atoms with van der Waals surface area (Å²) in [4.78, 5) is 3.51. The fraction of sp³-hybridized carbons (Fsp3) is 0.467. The molecule has 1 aromatic carbocycles. The molecule has 98 valence electrons. The predicted octanol–water partition coefficient (Wildman–Crippen LogP) is 3.19. The molecule has 0 fully saturated rings. The van der Waals surface area contributed by atoms with E-state index in [1.165, 1.54) is 22.2 Å². The molecule has 0 aliphatic rings. The Morgan fingerprint density at radius 2 is 2.11 bits per heavy atom. The standard InChI is InChI=1S/C15H22N2O/c1-4-18-11-5-6-14-13(9-11)12(7-8-16)15(17-14)10(2)3/h5-6,9-10,17H,4,7-8,16H2,1-3H3. The molecule has 3 nitrogen and oxygen atoms in total. The molecule has 0 atom stereocenters. The van der Waals surface area contributed by atoms with Crippen LogP contribution in [0, 0.1) is 0 Å². The van der Waals surface area contributed by atoms with Gasteiger partial charge >= 0.3 is 0 Å². The Morgan fingerprint density at radius 3 is 2.72 bits per heavy atom. The third kappa shape index (κ3) is 2.36. The Balaban J connectivity index is 2.56. The van der Waals surface area contributed by atoms with E-state index in [-0.39, 0.29) is 0 Å². The van der Waals surface area contributed by atoms with E-state index in [2.05, 4.69) is 31.0 Å². The van der Waals surface area contributed by atoms with Crippen LogP contribution in [0.2, 0.25) is 0 Å². The second-order valence-corrected chi connectivity index (χ2v) is 4.85. The van der Waals surface area contributed by atoms with Crippen molar-refractivity contribution in [3.8, 4) is 5.75 Å². The fourth-order valence-corrected chi connectivity index (χ4v) is 2.41. The summed E-state index contributed by atoms with van der Waals surface area (Å²) in [5.74, 6) is 1.41. The van der Waals surface area contributed by atoms with Crippen molar-refractivity contribution >= 4 is 10.9 Å². The molecule has 0 unspecified atom stereocenters. The van der Waals surface area contributed by atoms with E-state index in [4.69, 9.17) is 10.5 Å². The zero-order valence-electron chi connectivity index (χ0n) is 11.4. The molecule has 3 N–H and O–H groups in total. The van der Waals surface area contributed by atoms with Gasteiger partial charge in [-0.15, -0.1) is 0 Å². The molecule has 0 spiro atoms. The smallest absolute Gasteiger partial charge is 0.120 e. The third-order valence-electron chi connectivity index (χ3n) is 3.19. The highest BCUT2D eigenvalue weighted by Gasteiger charge is 2.14. The molecule has 0 aliphatic heterocycles. The molecule has 0 aliphatic carbocycles. The van der Waals surface area contributed by atoms with Gasteiger partial charge in [-0.3, -0.25) is 0 Å². The first-order valence-electron chi connectivity index (χ1n) is 6.64. The van der Waals surface area contributed by atoms with Crippen molar-refractivity contribution < 1.29 is 4.74 Å². The molecule has 1 aromatic heterocycles. The minimum absolute atomic E-state index is 0.481. The highest BCUT2D eigenvalue weighted by atomic mass is 16.5. The maximum atomic E-state index is 5.73. The molecule has 0 radical (unpaired) electrons. The molecule has 3 heteroatoms. The lowest BCUT2D eigenvalue weighted by molar-refractivity contribution is 0.340. The van der Waals surface area contributed by atoms with Crippen LogP contribution in [0.3, 0.4) is 0 Å². The highest BCUT2D eigenvalue weighted by molar-refractivity contribution is 5.86. The Kier molecular flexibility index (Phi) is 3.92. The van der Waals surface area contributed by atoms with Crippen molar-refractivity contribution in [1.29, 1.82) is 0 Å². The maximum Gasteiger partial charge on any atom is 0.120 e. The van der Waals surface area contributed by atoms with Gasteiger partial charge in [0.15, 0.2) is 0 Å². The molecule has 2 aromatic rings. The zero-order valence-corrected chi connectivity index (χ0v) is 11.4. The molecular weight excluding hydrogens is 224 g/mol. The van der Waals surface area contributed by atoms with Gasteiger partial charge in [0.1, 0.15) is 5.75 Å². The molecule has 0 saturated carbocycles. The SMILES string of the molecule is CCOc1ccc2[nH]c(C(C)C)c(CCN)c2c1. The number of hydrogen-bond donors (Lipinski definition) is 2. The molecule has 0 bridgehead atoms. The number of fused-ring (bicyclic) bond motifs is 1. The van der Waals surface area contributed by atoms with Gasteiger partial charge < -0.3 is 15.5 Å². The Hall–Kier alpha value is -1.48. The number of benzene rings is 1. The number of ether oxygens (including phenoxy) is 1. The predicted molar refractivity (Wildman–Crippen MR) is 76.3 cm³/mol. The number of aromatic nitrogens is 1. The van der Waals surface area contributed by atoms with Crippen LogP contribution in [-0.2, 0) is 6.42 Å². The zero-order chi connectivity index (χ0) is 13.1. The second-order valence-electron chi connectivity index (χ2n) is 4.85. The van der Waals surface area contributed by atoms with E-state index in [0.29, 0.717) is 19.1 Å². The van der Waals surface area contributed by atoms with Crippen LogP contribution in [0.5, 0.6) is 5.75 Å². The summed E-state index contributed by atoms with van der Waals surface area (Å²) in [6.07, 6.45) is 0.906. The number of nitrogens with two attached hydrogens (primary N) is 1. The van der Waals surface area contributed by atoms with Gasteiger partial charge in [-0.1, -0.05) is 13.8 Å². The van der Waals surface area contributed by atoms with Gasteiger partial charge in [0.05, 0.1) is 6.61 Å². The Morgan fingerprint density at radius 1 is 1.33 bits per heavy atom. The van der Waals surface area contributed by atoms with Crippen LogP contribution in [0.4, 0.5) is 0 Å². The summed E-state index contributed by atoms with van der Waals surface area (Å²) in [6.45, 7) is 7.77. The van der Waals surface area contributed by atoms with Crippen molar-refractivity contribution in [3.05, 3.63) is 29.5 Å². The number of aromatic amines is 1. The van der Waals surface area contributed by atoms with Crippen LogP contribution in [-0.4, -0.2) is 18.1 Å². The average molecular weight is 246 g/mol. The number of H-pyrrole nitrogens is 1. The van der Waals surface area contributed by atoms with E-state index < -0.39 is 0 Å². The number of rotatable bonds is 5. The van der Waals surface area contributed by atoms with Gasteiger partial charge in [-0.05, 0) is 49.6 Å². The van der Waals surface area contributed by atoms with Crippen LogP contribution in [0.15, 0.2) is 18.2 Å². The van der Waals surface area contributed by atoms with Crippen molar-refractivity contribution in [2.45, 2.75) is 33.1 Å². The van der Waals surface area contributed by atoms with E-state index in [0.717, 1.165) is 12.2 Å². The summed E-state index contributed by atoms with van der Waals surface area (Å²) < 4.78 is 5.57. The number of hydrogen-bond acceptors (Lipinski definition) is 2. The summed E-state index contributed by atoms with van der Waals surface area (Å²) >= 11 is 0. The lowest BCUT2D eigenvalue weighted by atomic mass is 10.0. The van der Waals surface area contributed by atoms with Crippen molar-refractivity contribution in [2.24, 2.45) is 5.73 Å². The van der Waals surface area contributed by atoms with Crippen molar-refractivity contribution in [3.63, 3.8) is 0 Å². The maximum absolute atomic E-state index is 5.73. The largest absolute Gasteiger partial charge is 0.494 e. The molecular formula is C15H22N2O.